The van der Waals surface area contributed by atoms with Crippen LogP contribution in [0.3, 0.4) is 0 Å². The molecule has 1 aliphatic carbocycles. The van der Waals surface area contributed by atoms with Crippen molar-refractivity contribution in [2.45, 2.75) is 38.3 Å². The number of ether oxygens (including phenoxy) is 2. The number of hydrogen-bond acceptors (Lipinski definition) is 5. The van der Waals surface area contributed by atoms with Crippen LogP contribution in [-0.2, 0) is 9.47 Å². The highest BCUT2D eigenvalue weighted by Gasteiger charge is 2.47. The molecule has 2 aliphatic rings. The van der Waals surface area contributed by atoms with Gasteiger partial charge in [-0.05, 0) is 0 Å². The van der Waals surface area contributed by atoms with Gasteiger partial charge in [-0.3, -0.25) is 5.84 Å². The van der Waals surface area contributed by atoms with Gasteiger partial charge in [-0.1, -0.05) is 0 Å². The maximum Gasteiger partial charge on any atom is 0.205 e. The molecule has 0 aromatic rings. The quantitative estimate of drug-likeness (QED) is 0.383. The predicted molar refractivity (Wildman–Crippen MR) is 45.0 cm³/mol. The summed E-state index contributed by atoms with van der Waals surface area (Å²) in [7, 11) is 0. The van der Waals surface area contributed by atoms with Gasteiger partial charge in [-0.2, -0.15) is 0 Å². The van der Waals surface area contributed by atoms with Gasteiger partial charge in [-0.15, -0.1) is 0 Å². The van der Waals surface area contributed by atoms with Gasteiger partial charge >= 0.3 is 0 Å². The molecule has 2 atom stereocenters. The molecule has 0 aromatic heterocycles. The Bertz CT molecular complexity index is 262. The van der Waals surface area contributed by atoms with E-state index in [0.717, 1.165) is 5.70 Å². The smallest absolute Gasteiger partial charge is 0.205 e. The number of hydrazine groups is 1. The highest BCUT2D eigenvalue weighted by Crippen LogP contribution is 2.39. The van der Waals surface area contributed by atoms with Crippen LogP contribution >= 0.6 is 0 Å². The minimum absolute atomic E-state index is 0.360. The van der Waals surface area contributed by atoms with Gasteiger partial charge in [0.2, 0.25) is 5.79 Å². The van der Waals surface area contributed by atoms with Crippen LogP contribution in [0.25, 0.3) is 0 Å². The third-order valence-electron chi connectivity index (χ3n) is 2.26. The standard InChI is InChI=1S/C8H14N2O3/c1-8(2)12-6-4(10-9)3-5(11)7(6)13-8/h5,7,10-11H,3,9H2,1-2H3/t5-,7?/m0/s1. The van der Waals surface area contributed by atoms with E-state index < -0.39 is 11.9 Å². The predicted octanol–water partition coefficient (Wildman–Crippen LogP) is -0.423. The zero-order chi connectivity index (χ0) is 9.64. The first-order valence-electron chi connectivity index (χ1n) is 4.28. The number of nitrogens with one attached hydrogen (secondary N) is 1. The fraction of sp³-hybridized carbons (Fsp3) is 0.750. The van der Waals surface area contributed by atoms with Crippen LogP contribution in [0, 0.1) is 0 Å². The Morgan fingerprint density at radius 2 is 2.31 bits per heavy atom. The van der Waals surface area contributed by atoms with Crippen LogP contribution in [0.1, 0.15) is 20.3 Å². The van der Waals surface area contributed by atoms with Crippen molar-refractivity contribution in [1.29, 1.82) is 0 Å². The van der Waals surface area contributed by atoms with Gasteiger partial charge in [-0.25, -0.2) is 0 Å². The Kier molecular flexibility index (Phi) is 1.76. The third kappa shape index (κ3) is 1.29. The van der Waals surface area contributed by atoms with E-state index in [2.05, 4.69) is 5.43 Å². The van der Waals surface area contributed by atoms with Crippen molar-refractivity contribution in [3.8, 4) is 0 Å². The van der Waals surface area contributed by atoms with E-state index in [1.807, 2.05) is 0 Å². The second-order valence-electron chi connectivity index (χ2n) is 3.80. The minimum atomic E-state index is -0.663. The molecule has 4 N–H and O–H groups in total. The van der Waals surface area contributed by atoms with Gasteiger partial charge in [0.15, 0.2) is 5.76 Å². The van der Waals surface area contributed by atoms with Gasteiger partial charge in [0.25, 0.3) is 0 Å². The van der Waals surface area contributed by atoms with Gasteiger partial charge in [0.05, 0.1) is 11.8 Å². The van der Waals surface area contributed by atoms with E-state index in [4.69, 9.17) is 15.3 Å². The Labute approximate surface area is 76.5 Å². The highest BCUT2D eigenvalue weighted by molar-refractivity contribution is 5.23. The van der Waals surface area contributed by atoms with Crippen LogP contribution in [0.4, 0.5) is 0 Å². The lowest BCUT2D eigenvalue weighted by atomic mass is 10.2. The SMILES string of the molecule is CC1(C)OC2=C(NN)C[C@H](O)C2O1. The largest absolute Gasteiger partial charge is 0.463 e. The fourth-order valence-electron chi connectivity index (χ4n) is 1.74. The fourth-order valence-corrected chi connectivity index (χ4v) is 1.74. The van der Waals surface area contributed by atoms with Gasteiger partial charge in [0.1, 0.15) is 6.10 Å². The molecule has 0 bridgehead atoms. The van der Waals surface area contributed by atoms with Crippen molar-refractivity contribution in [3.63, 3.8) is 0 Å². The molecule has 1 heterocycles. The second-order valence-corrected chi connectivity index (χ2v) is 3.80. The van der Waals surface area contributed by atoms with Crippen LogP contribution in [0.15, 0.2) is 11.5 Å². The summed E-state index contributed by atoms with van der Waals surface area (Å²) in [4.78, 5) is 0. The molecule has 0 amide bonds. The molecular weight excluding hydrogens is 172 g/mol. The molecule has 1 unspecified atom stereocenters. The van der Waals surface area contributed by atoms with Gasteiger partial charge in [0, 0.05) is 20.3 Å². The highest BCUT2D eigenvalue weighted by atomic mass is 16.8. The summed E-state index contributed by atoms with van der Waals surface area (Å²) in [5.74, 6) is 5.26. The number of fused-ring (bicyclic) bond motifs is 1. The number of aliphatic hydroxyl groups is 1. The van der Waals surface area contributed by atoms with Crippen LogP contribution < -0.4 is 11.3 Å². The van der Waals surface area contributed by atoms with Crippen LogP contribution in [-0.4, -0.2) is 23.1 Å². The molecule has 0 spiro atoms. The van der Waals surface area contributed by atoms with Crippen molar-refractivity contribution in [2.75, 3.05) is 0 Å². The maximum absolute atomic E-state index is 9.59. The first kappa shape index (κ1) is 8.80. The molecule has 1 aliphatic heterocycles. The molecule has 0 aromatic carbocycles. The van der Waals surface area contributed by atoms with E-state index >= 15 is 0 Å². The minimum Gasteiger partial charge on any atom is -0.463 e. The first-order chi connectivity index (χ1) is 6.03. The second kappa shape index (κ2) is 2.60. The molecule has 1 fully saturated rings. The van der Waals surface area contributed by atoms with Crippen molar-refractivity contribution >= 4 is 0 Å². The van der Waals surface area contributed by atoms with Crippen molar-refractivity contribution in [3.05, 3.63) is 11.5 Å². The molecule has 74 valence electrons. The summed E-state index contributed by atoms with van der Waals surface area (Å²) < 4.78 is 11.0. The Morgan fingerprint density at radius 1 is 1.62 bits per heavy atom. The van der Waals surface area contributed by atoms with E-state index in [0.29, 0.717) is 12.2 Å². The van der Waals surface area contributed by atoms with E-state index in [1.165, 1.54) is 0 Å². The number of rotatable bonds is 1. The van der Waals surface area contributed by atoms with E-state index in [-0.39, 0.29) is 6.10 Å². The lowest BCUT2D eigenvalue weighted by molar-refractivity contribution is -0.150. The third-order valence-corrected chi connectivity index (χ3v) is 2.26. The molecule has 2 rings (SSSR count). The monoisotopic (exact) mass is 186 g/mol. The van der Waals surface area contributed by atoms with Crippen LogP contribution in [0.5, 0.6) is 0 Å². The molecular formula is C8H14N2O3. The normalized spacial score (nSPS) is 36.0. The molecule has 5 nitrogen and oxygen atoms in total. The molecule has 1 saturated heterocycles. The number of aliphatic hydroxyl groups excluding tert-OH is 1. The summed E-state index contributed by atoms with van der Waals surface area (Å²) in [5.41, 5.74) is 3.24. The van der Waals surface area contributed by atoms with Crippen LogP contribution in [0.2, 0.25) is 0 Å². The molecule has 5 heteroatoms. The molecule has 13 heavy (non-hydrogen) atoms. The Balaban J connectivity index is 2.27. The first-order valence-corrected chi connectivity index (χ1v) is 4.28. The van der Waals surface area contributed by atoms with Crippen molar-refractivity contribution < 1.29 is 14.6 Å². The summed E-state index contributed by atoms with van der Waals surface area (Å²) >= 11 is 0. The number of hydrogen-bond donors (Lipinski definition) is 3. The van der Waals surface area contributed by atoms with Crippen molar-refractivity contribution in [1.82, 2.24) is 5.43 Å². The lowest BCUT2D eigenvalue weighted by Crippen LogP contribution is -2.28. The van der Waals surface area contributed by atoms with Gasteiger partial charge < -0.3 is 20.0 Å². The molecule has 0 saturated carbocycles. The summed E-state index contributed by atoms with van der Waals surface area (Å²) in [6.45, 7) is 3.61. The average Bonchev–Trinajstić information content (AvgIpc) is 2.47. The Hall–Kier alpha value is -0.780. The topological polar surface area (TPSA) is 76.7 Å². The summed E-state index contributed by atoms with van der Waals surface area (Å²) in [6, 6.07) is 0. The molecule has 0 radical (unpaired) electrons. The lowest BCUT2D eigenvalue weighted by Gasteiger charge is -2.19. The number of nitrogens with two attached hydrogens (primary N) is 1. The van der Waals surface area contributed by atoms with Crippen molar-refractivity contribution in [2.24, 2.45) is 5.84 Å². The average molecular weight is 186 g/mol. The maximum atomic E-state index is 9.59. The Morgan fingerprint density at radius 3 is 2.92 bits per heavy atom. The summed E-state index contributed by atoms with van der Waals surface area (Å²) in [5, 5.41) is 9.59. The summed E-state index contributed by atoms with van der Waals surface area (Å²) in [6.07, 6.45) is -0.448. The zero-order valence-corrected chi connectivity index (χ0v) is 7.70. The zero-order valence-electron chi connectivity index (χ0n) is 7.70. The van der Waals surface area contributed by atoms with E-state index in [9.17, 15) is 5.11 Å². The van der Waals surface area contributed by atoms with E-state index in [1.54, 1.807) is 13.8 Å².